The second kappa shape index (κ2) is 11.7. The molecular formula is C32H35Cl2N3O2. The summed E-state index contributed by atoms with van der Waals surface area (Å²) in [7, 11) is 1.86. The second-order valence-electron chi connectivity index (χ2n) is 10.9. The van der Waals surface area contributed by atoms with E-state index in [0.29, 0.717) is 23.0 Å². The summed E-state index contributed by atoms with van der Waals surface area (Å²) >= 11 is 12.6. The van der Waals surface area contributed by atoms with Gasteiger partial charge in [0, 0.05) is 38.2 Å². The van der Waals surface area contributed by atoms with Crippen LogP contribution in [0.3, 0.4) is 0 Å². The van der Waals surface area contributed by atoms with Gasteiger partial charge in [-0.25, -0.2) is 0 Å². The SMILES string of the molecule is CC(=O)N1CC2(CCN(CCC(C(=O)N(C)Cc3ccccc3)c3ccc(Cl)c(Cl)c3)CC2)c2ccccc21. The molecule has 5 rings (SSSR count). The van der Waals surface area contributed by atoms with Crippen molar-refractivity contribution in [3.05, 3.63) is 99.5 Å². The number of likely N-dealkylation sites (tertiary alicyclic amines) is 1. The predicted molar refractivity (Wildman–Crippen MR) is 159 cm³/mol. The maximum absolute atomic E-state index is 13.8. The lowest BCUT2D eigenvalue weighted by molar-refractivity contribution is -0.132. The van der Waals surface area contributed by atoms with E-state index in [2.05, 4.69) is 23.1 Å². The summed E-state index contributed by atoms with van der Waals surface area (Å²) in [6.45, 7) is 5.63. The van der Waals surface area contributed by atoms with Gasteiger partial charge in [-0.05, 0) is 73.8 Å². The number of carbonyl (C=O) groups excluding carboxylic acids is 2. The third kappa shape index (κ3) is 5.86. The van der Waals surface area contributed by atoms with Crippen LogP contribution in [0, 0.1) is 0 Å². The van der Waals surface area contributed by atoms with E-state index in [0.717, 1.165) is 55.8 Å². The molecule has 3 aromatic carbocycles. The first-order valence-electron chi connectivity index (χ1n) is 13.6. The van der Waals surface area contributed by atoms with E-state index in [-0.39, 0.29) is 23.1 Å². The molecule has 2 amide bonds. The molecule has 0 radical (unpaired) electrons. The third-order valence-electron chi connectivity index (χ3n) is 8.44. The zero-order valence-electron chi connectivity index (χ0n) is 22.6. The van der Waals surface area contributed by atoms with Crippen molar-refractivity contribution < 1.29 is 9.59 Å². The molecule has 1 spiro atoms. The van der Waals surface area contributed by atoms with Gasteiger partial charge in [-0.3, -0.25) is 9.59 Å². The molecule has 1 fully saturated rings. The average Bonchev–Trinajstić information content (AvgIpc) is 3.26. The molecule has 2 aliphatic heterocycles. The van der Waals surface area contributed by atoms with Crippen LogP contribution in [-0.4, -0.2) is 54.8 Å². The summed E-state index contributed by atoms with van der Waals surface area (Å²) in [6.07, 6.45) is 2.68. The number of nitrogens with zero attached hydrogens (tertiary/aromatic N) is 3. The van der Waals surface area contributed by atoms with Crippen LogP contribution in [-0.2, 0) is 21.5 Å². The van der Waals surface area contributed by atoms with Crippen LogP contribution in [0.4, 0.5) is 5.69 Å². The minimum Gasteiger partial charge on any atom is -0.341 e. The molecule has 1 unspecified atom stereocenters. The van der Waals surface area contributed by atoms with Crippen molar-refractivity contribution in [1.29, 1.82) is 0 Å². The summed E-state index contributed by atoms with van der Waals surface area (Å²) in [5, 5.41) is 0.953. The van der Waals surface area contributed by atoms with Crippen LogP contribution in [0.15, 0.2) is 72.8 Å². The summed E-state index contributed by atoms with van der Waals surface area (Å²) in [5.74, 6) is -0.137. The molecule has 1 atom stereocenters. The Hall–Kier alpha value is -2.86. The number of benzene rings is 3. The highest BCUT2D eigenvalue weighted by molar-refractivity contribution is 6.42. The zero-order valence-corrected chi connectivity index (χ0v) is 24.1. The summed E-state index contributed by atoms with van der Waals surface area (Å²) in [4.78, 5) is 32.3. The average molecular weight is 565 g/mol. The van der Waals surface area contributed by atoms with Gasteiger partial charge >= 0.3 is 0 Å². The fourth-order valence-electron chi connectivity index (χ4n) is 6.22. The molecule has 3 aromatic rings. The van der Waals surface area contributed by atoms with E-state index < -0.39 is 0 Å². The Morgan fingerprint density at radius 2 is 1.64 bits per heavy atom. The normalized spacial score (nSPS) is 17.2. The lowest BCUT2D eigenvalue weighted by Gasteiger charge is -2.40. The minimum atomic E-state index is -0.315. The number of likely N-dealkylation sites (N-methyl/N-ethyl adjacent to an activating group) is 1. The van der Waals surface area contributed by atoms with Gasteiger partial charge < -0.3 is 14.7 Å². The highest BCUT2D eigenvalue weighted by Crippen LogP contribution is 2.47. The number of anilines is 1. The molecule has 39 heavy (non-hydrogen) atoms. The fourth-order valence-corrected chi connectivity index (χ4v) is 6.52. The zero-order chi connectivity index (χ0) is 27.6. The number of hydrogen-bond acceptors (Lipinski definition) is 3. The molecule has 2 aliphatic rings. The maximum Gasteiger partial charge on any atom is 0.230 e. The number of piperidine rings is 1. The van der Waals surface area contributed by atoms with Crippen LogP contribution in [0.25, 0.3) is 0 Å². The first kappa shape index (κ1) is 27.7. The summed E-state index contributed by atoms with van der Waals surface area (Å²) in [6, 6.07) is 23.9. The Bertz CT molecular complexity index is 1340. The van der Waals surface area contributed by atoms with Gasteiger partial charge in [0.05, 0.1) is 16.0 Å². The maximum atomic E-state index is 13.8. The fraction of sp³-hybridized carbons (Fsp3) is 0.375. The Morgan fingerprint density at radius 1 is 0.949 bits per heavy atom. The largest absolute Gasteiger partial charge is 0.341 e. The van der Waals surface area contributed by atoms with Crippen molar-refractivity contribution in [2.24, 2.45) is 0 Å². The van der Waals surface area contributed by atoms with Gasteiger partial charge in [-0.2, -0.15) is 0 Å². The van der Waals surface area contributed by atoms with Crippen LogP contribution >= 0.6 is 23.2 Å². The Kier molecular flexibility index (Phi) is 8.32. The van der Waals surface area contributed by atoms with E-state index in [4.69, 9.17) is 23.2 Å². The van der Waals surface area contributed by atoms with Crippen LogP contribution in [0.5, 0.6) is 0 Å². The number of rotatable bonds is 7. The Balaban J connectivity index is 1.28. The van der Waals surface area contributed by atoms with Gasteiger partial charge in [0.15, 0.2) is 0 Å². The summed E-state index contributed by atoms with van der Waals surface area (Å²) in [5.41, 5.74) is 4.35. The molecule has 0 N–H and O–H groups in total. The van der Waals surface area contributed by atoms with Crippen LogP contribution < -0.4 is 4.90 Å². The van der Waals surface area contributed by atoms with Crippen LogP contribution in [0.2, 0.25) is 10.0 Å². The van der Waals surface area contributed by atoms with Gasteiger partial charge in [0.2, 0.25) is 11.8 Å². The molecule has 0 aliphatic carbocycles. The number of hydrogen-bond donors (Lipinski definition) is 0. The molecule has 0 aromatic heterocycles. The smallest absolute Gasteiger partial charge is 0.230 e. The lowest BCUT2D eigenvalue weighted by atomic mass is 9.74. The van der Waals surface area contributed by atoms with Crippen molar-refractivity contribution >= 4 is 40.7 Å². The van der Waals surface area contributed by atoms with Crippen LogP contribution in [0.1, 0.15) is 48.8 Å². The summed E-state index contributed by atoms with van der Waals surface area (Å²) < 4.78 is 0. The topological polar surface area (TPSA) is 43.9 Å². The third-order valence-corrected chi connectivity index (χ3v) is 9.18. The van der Waals surface area contributed by atoms with E-state index in [1.807, 2.05) is 60.5 Å². The molecule has 7 heteroatoms. The molecule has 0 bridgehead atoms. The molecule has 2 heterocycles. The Labute approximate surface area is 241 Å². The van der Waals surface area contributed by atoms with Crippen molar-refractivity contribution in [2.45, 2.75) is 44.1 Å². The van der Waals surface area contributed by atoms with E-state index in [1.54, 1.807) is 17.9 Å². The van der Waals surface area contributed by atoms with Crippen molar-refractivity contribution in [3.63, 3.8) is 0 Å². The number of amides is 2. The van der Waals surface area contributed by atoms with Gasteiger partial charge in [0.25, 0.3) is 0 Å². The monoisotopic (exact) mass is 563 g/mol. The lowest BCUT2D eigenvalue weighted by Crippen LogP contribution is -2.46. The first-order chi connectivity index (χ1) is 18.8. The van der Waals surface area contributed by atoms with E-state index in [9.17, 15) is 9.59 Å². The molecule has 0 saturated carbocycles. The molecular weight excluding hydrogens is 529 g/mol. The number of para-hydroxylation sites is 1. The Morgan fingerprint density at radius 3 is 2.33 bits per heavy atom. The highest BCUT2D eigenvalue weighted by atomic mass is 35.5. The van der Waals surface area contributed by atoms with Gasteiger partial charge in [0.1, 0.15) is 0 Å². The quantitative estimate of drug-likeness (QED) is 0.328. The van der Waals surface area contributed by atoms with Gasteiger partial charge in [-0.1, -0.05) is 77.8 Å². The number of carbonyl (C=O) groups is 2. The van der Waals surface area contributed by atoms with E-state index in [1.165, 1.54) is 5.56 Å². The van der Waals surface area contributed by atoms with E-state index >= 15 is 0 Å². The minimum absolute atomic E-state index is 0.00753. The number of fused-ring (bicyclic) bond motifs is 2. The van der Waals surface area contributed by atoms with Crippen molar-refractivity contribution in [1.82, 2.24) is 9.80 Å². The van der Waals surface area contributed by atoms with Crippen molar-refractivity contribution in [2.75, 3.05) is 38.1 Å². The standard InChI is InChI=1S/C32H35Cl2N3O2/c1-23(38)37-22-32(27-10-6-7-11-30(27)37)15-18-36(19-16-32)17-14-26(25-12-13-28(33)29(34)20-25)31(39)35(2)21-24-8-4-3-5-9-24/h3-13,20,26H,14-19,21-22H2,1-2H3. The first-order valence-corrected chi connectivity index (χ1v) is 14.4. The predicted octanol–water partition coefficient (Wildman–Crippen LogP) is 6.53. The van der Waals surface area contributed by atoms with Crippen molar-refractivity contribution in [3.8, 4) is 0 Å². The van der Waals surface area contributed by atoms with Gasteiger partial charge in [-0.15, -0.1) is 0 Å². The highest BCUT2D eigenvalue weighted by Gasteiger charge is 2.45. The molecule has 5 nitrogen and oxygen atoms in total. The molecule has 204 valence electrons. The second-order valence-corrected chi connectivity index (χ2v) is 11.8. The number of halogens is 2. The molecule has 1 saturated heterocycles.